The van der Waals surface area contributed by atoms with Crippen molar-refractivity contribution in [3.8, 4) is 11.4 Å². The van der Waals surface area contributed by atoms with Crippen molar-refractivity contribution >= 4 is 0 Å². The number of halogens is 7. The summed E-state index contributed by atoms with van der Waals surface area (Å²) in [6, 6.07) is 6.78. The van der Waals surface area contributed by atoms with Crippen molar-refractivity contribution in [2.75, 3.05) is 0 Å². The van der Waals surface area contributed by atoms with Crippen molar-refractivity contribution in [1.82, 2.24) is 19.6 Å². The maximum absolute atomic E-state index is 14.5. The molecule has 4 rings (SSSR count). The molecule has 0 atom stereocenters. The highest BCUT2D eigenvalue weighted by Gasteiger charge is 2.39. The SMILES string of the molecule is Cc1c(F)ccc(-n2ccc(C(C)(C)c3ccn(-c4ccc(F)c(C(F)(F)F)c4F)n3)n2)c1F. The second kappa shape index (κ2) is 8.00. The first-order valence-corrected chi connectivity index (χ1v) is 9.95. The van der Waals surface area contributed by atoms with Crippen molar-refractivity contribution in [2.45, 2.75) is 32.4 Å². The first-order valence-electron chi connectivity index (χ1n) is 9.95. The van der Waals surface area contributed by atoms with E-state index in [1.54, 1.807) is 19.9 Å². The molecule has 0 spiro atoms. The molecule has 0 bridgehead atoms. The Bertz CT molecular complexity index is 1380. The summed E-state index contributed by atoms with van der Waals surface area (Å²) < 4.78 is 97.6. The normalized spacial score (nSPS) is 12.4. The summed E-state index contributed by atoms with van der Waals surface area (Å²) in [5, 5.41) is 8.53. The van der Waals surface area contributed by atoms with Crippen LogP contribution in [0.4, 0.5) is 30.7 Å². The maximum Gasteiger partial charge on any atom is 0.422 e. The van der Waals surface area contributed by atoms with E-state index in [1.807, 2.05) is 0 Å². The van der Waals surface area contributed by atoms with Gasteiger partial charge in [0.25, 0.3) is 0 Å². The molecule has 0 N–H and O–H groups in total. The van der Waals surface area contributed by atoms with Crippen molar-refractivity contribution < 1.29 is 30.7 Å². The molecular formula is C23H17F7N4. The number of alkyl halides is 3. The summed E-state index contributed by atoms with van der Waals surface area (Å²) in [6.07, 6.45) is -2.51. The van der Waals surface area contributed by atoms with Crippen molar-refractivity contribution in [3.63, 3.8) is 0 Å². The van der Waals surface area contributed by atoms with Crippen LogP contribution in [0.2, 0.25) is 0 Å². The third kappa shape index (κ3) is 3.84. The van der Waals surface area contributed by atoms with Gasteiger partial charge in [0.2, 0.25) is 0 Å². The molecule has 2 aromatic heterocycles. The summed E-state index contributed by atoms with van der Waals surface area (Å²) >= 11 is 0. The fraction of sp³-hybridized carbons (Fsp3) is 0.217. The van der Waals surface area contributed by atoms with Crippen LogP contribution in [0.15, 0.2) is 48.8 Å². The lowest BCUT2D eigenvalue weighted by molar-refractivity contribution is -0.142. The summed E-state index contributed by atoms with van der Waals surface area (Å²) in [6.45, 7) is 4.72. The summed E-state index contributed by atoms with van der Waals surface area (Å²) in [7, 11) is 0. The van der Waals surface area contributed by atoms with Gasteiger partial charge in [-0.3, -0.25) is 0 Å². The van der Waals surface area contributed by atoms with Gasteiger partial charge in [0.05, 0.1) is 16.8 Å². The zero-order chi connectivity index (χ0) is 25.0. The smallest absolute Gasteiger partial charge is 0.238 e. The van der Waals surface area contributed by atoms with E-state index in [4.69, 9.17) is 0 Å². The Hall–Kier alpha value is -3.63. The molecule has 0 aliphatic rings. The quantitative estimate of drug-likeness (QED) is 0.322. The van der Waals surface area contributed by atoms with Gasteiger partial charge in [0.1, 0.15) is 28.6 Å². The van der Waals surface area contributed by atoms with E-state index in [2.05, 4.69) is 10.2 Å². The highest BCUT2D eigenvalue weighted by molar-refractivity contribution is 5.41. The average Bonchev–Trinajstić information content (AvgIpc) is 3.42. The molecule has 0 radical (unpaired) electrons. The standard InChI is InChI=1S/C23H17F7N4/c1-12-13(24)4-6-15(20(12)26)33-10-8-17(31-33)22(2,3)18-9-11-34(32-18)16-7-5-14(25)19(21(16)27)23(28,29)30/h4-11H,1-3H3. The third-order valence-corrected chi connectivity index (χ3v) is 5.61. The van der Waals surface area contributed by atoms with Gasteiger partial charge in [-0.2, -0.15) is 23.4 Å². The summed E-state index contributed by atoms with van der Waals surface area (Å²) in [5.41, 5.74) is -2.93. The van der Waals surface area contributed by atoms with Crippen LogP contribution in [0.1, 0.15) is 36.4 Å². The summed E-state index contributed by atoms with van der Waals surface area (Å²) in [5.74, 6) is -4.98. The Morgan fingerprint density at radius 3 is 1.65 bits per heavy atom. The number of aromatic nitrogens is 4. The Kier molecular flexibility index (Phi) is 5.53. The molecule has 0 aliphatic heterocycles. The van der Waals surface area contributed by atoms with Crippen molar-refractivity contribution in [1.29, 1.82) is 0 Å². The van der Waals surface area contributed by atoms with Crippen LogP contribution >= 0.6 is 0 Å². The van der Waals surface area contributed by atoms with Crippen molar-refractivity contribution in [3.05, 3.63) is 94.6 Å². The molecule has 4 aromatic rings. The van der Waals surface area contributed by atoms with E-state index < -0.39 is 46.1 Å². The van der Waals surface area contributed by atoms with Gasteiger partial charge < -0.3 is 0 Å². The Morgan fingerprint density at radius 1 is 0.676 bits per heavy atom. The molecule has 0 unspecified atom stereocenters. The maximum atomic E-state index is 14.5. The first kappa shape index (κ1) is 23.5. The van der Waals surface area contributed by atoms with Gasteiger partial charge in [-0.05, 0) is 57.2 Å². The van der Waals surface area contributed by atoms with Gasteiger partial charge in [-0.15, -0.1) is 0 Å². The highest BCUT2D eigenvalue weighted by Crippen LogP contribution is 2.36. The lowest BCUT2D eigenvalue weighted by Crippen LogP contribution is -2.21. The third-order valence-electron chi connectivity index (χ3n) is 5.61. The highest BCUT2D eigenvalue weighted by atomic mass is 19.4. The van der Waals surface area contributed by atoms with Gasteiger partial charge in [-0.25, -0.2) is 26.9 Å². The molecule has 0 saturated heterocycles. The van der Waals surface area contributed by atoms with E-state index in [-0.39, 0.29) is 11.3 Å². The molecule has 2 aromatic carbocycles. The monoisotopic (exact) mass is 482 g/mol. The van der Waals surface area contributed by atoms with Gasteiger partial charge >= 0.3 is 6.18 Å². The largest absolute Gasteiger partial charge is 0.422 e. The number of nitrogens with zero attached hydrogens (tertiary/aromatic N) is 4. The topological polar surface area (TPSA) is 35.6 Å². The molecule has 0 fully saturated rings. The Balaban J connectivity index is 1.71. The van der Waals surface area contributed by atoms with Gasteiger partial charge in [-0.1, -0.05) is 0 Å². The Labute approximate surface area is 189 Å². The zero-order valence-electron chi connectivity index (χ0n) is 18.1. The van der Waals surface area contributed by atoms with Crippen LogP contribution in [-0.4, -0.2) is 19.6 Å². The number of hydrogen-bond acceptors (Lipinski definition) is 2. The van der Waals surface area contributed by atoms with Crippen LogP contribution < -0.4 is 0 Å². The van der Waals surface area contributed by atoms with Crippen LogP contribution in [0.3, 0.4) is 0 Å². The molecule has 2 heterocycles. The van der Waals surface area contributed by atoms with Crippen LogP contribution in [0.25, 0.3) is 11.4 Å². The van der Waals surface area contributed by atoms with E-state index in [0.29, 0.717) is 17.5 Å². The predicted molar refractivity (Wildman–Crippen MR) is 109 cm³/mol. The number of benzene rings is 2. The van der Waals surface area contributed by atoms with E-state index in [1.165, 1.54) is 36.1 Å². The second-order valence-corrected chi connectivity index (χ2v) is 8.17. The van der Waals surface area contributed by atoms with E-state index >= 15 is 0 Å². The molecule has 4 nitrogen and oxygen atoms in total. The van der Waals surface area contributed by atoms with E-state index in [0.717, 1.165) is 16.8 Å². The zero-order valence-corrected chi connectivity index (χ0v) is 18.1. The fourth-order valence-electron chi connectivity index (χ4n) is 3.52. The van der Waals surface area contributed by atoms with Crippen LogP contribution in [0.5, 0.6) is 0 Å². The minimum atomic E-state index is -5.22. The van der Waals surface area contributed by atoms with Crippen molar-refractivity contribution in [2.24, 2.45) is 0 Å². The van der Waals surface area contributed by atoms with Gasteiger partial charge in [0.15, 0.2) is 11.6 Å². The Morgan fingerprint density at radius 2 is 1.15 bits per heavy atom. The minimum absolute atomic E-state index is 0.0274. The number of rotatable bonds is 4. The molecule has 178 valence electrons. The van der Waals surface area contributed by atoms with E-state index in [9.17, 15) is 30.7 Å². The second-order valence-electron chi connectivity index (χ2n) is 8.17. The lowest BCUT2D eigenvalue weighted by atomic mass is 9.86. The first-order chi connectivity index (χ1) is 15.8. The molecule has 11 heteroatoms. The average molecular weight is 482 g/mol. The predicted octanol–water partition coefficient (Wildman–Crippen LogP) is 6.27. The fourth-order valence-corrected chi connectivity index (χ4v) is 3.52. The van der Waals surface area contributed by atoms with Gasteiger partial charge in [0, 0.05) is 18.0 Å². The number of hydrogen-bond donors (Lipinski definition) is 0. The lowest BCUT2D eigenvalue weighted by Gasteiger charge is -2.20. The molecular weight excluding hydrogens is 465 g/mol. The minimum Gasteiger partial charge on any atom is -0.238 e. The van der Waals surface area contributed by atoms with Crippen LogP contribution in [0, 0.1) is 30.2 Å². The summed E-state index contributed by atoms with van der Waals surface area (Å²) in [4.78, 5) is 0. The molecule has 0 aliphatic carbocycles. The van der Waals surface area contributed by atoms with Crippen LogP contribution in [-0.2, 0) is 11.6 Å². The molecule has 0 amide bonds. The molecule has 0 saturated carbocycles. The molecule has 34 heavy (non-hydrogen) atoms.